The van der Waals surface area contributed by atoms with Gasteiger partial charge in [-0.3, -0.25) is 0 Å². The number of nitrogens with zero attached hydrogens (tertiary/aromatic N) is 2. The maximum absolute atomic E-state index is 5.33. The number of benzene rings is 4. The van der Waals surface area contributed by atoms with Crippen molar-refractivity contribution >= 4 is 62.0 Å². The van der Waals surface area contributed by atoms with E-state index in [2.05, 4.69) is 130 Å². The zero-order valence-corrected chi connectivity index (χ0v) is 26.9. The first-order chi connectivity index (χ1) is 18.8. The van der Waals surface area contributed by atoms with Gasteiger partial charge in [-0.05, 0) is 79.3 Å². The van der Waals surface area contributed by atoms with E-state index >= 15 is 0 Å². The first-order valence-corrected chi connectivity index (χ1v) is 17.7. The van der Waals surface area contributed by atoms with Gasteiger partial charge in [0.2, 0.25) is 0 Å². The molecular formula is C34H32Br2N2Ni. The molecular weight excluding hydrogens is 655 g/mol. The average Bonchev–Trinajstić information content (AvgIpc) is 3.18. The summed E-state index contributed by atoms with van der Waals surface area (Å²) < 4.78 is 0. The molecule has 0 fully saturated rings. The van der Waals surface area contributed by atoms with Gasteiger partial charge in [-0.1, -0.05) is 72.8 Å². The first-order valence-electron chi connectivity index (χ1n) is 12.8. The van der Waals surface area contributed by atoms with Crippen molar-refractivity contribution in [1.29, 1.82) is 0 Å². The third-order valence-electron chi connectivity index (χ3n) is 6.95. The van der Waals surface area contributed by atoms with E-state index in [1.807, 2.05) is 12.2 Å². The average molecular weight is 687 g/mol. The van der Waals surface area contributed by atoms with Crippen LogP contribution in [0.3, 0.4) is 0 Å². The van der Waals surface area contributed by atoms with E-state index in [0.29, 0.717) is 0 Å². The Bertz CT molecular complexity index is 1470. The van der Waals surface area contributed by atoms with Gasteiger partial charge in [0.25, 0.3) is 0 Å². The molecule has 4 aromatic carbocycles. The van der Waals surface area contributed by atoms with E-state index in [0.717, 1.165) is 46.8 Å². The van der Waals surface area contributed by atoms with Crippen molar-refractivity contribution in [3.8, 4) is 0 Å². The van der Waals surface area contributed by atoms with Crippen LogP contribution in [-0.4, -0.2) is 11.4 Å². The molecule has 0 aliphatic heterocycles. The number of allylic oxidation sites excluding steroid dienone is 2. The third-order valence-corrected chi connectivity index (χ3v) is 6.95. The van der Waals surface area contributed by atoms with Crippen molar-refractivity contribution in [2.75, 3.05) is 0 Å². The second kappa shape index (κ2) is 13.2. The van der Waals surface area contributed by atoms with Crippen LogP contribution in [0.4, 0.5) is 11.4 Å². The van der Waals surface area contributed by atoms with Gasteiger partial charge in [0, 0.05) is 16.5 Å². The molecule has 0 amide bonds. The van der Waals surface area contributed by atoms with Crippen LogP contribution in [0.15, 0.2) is 96.0 Å². The van der Waals surface area contributed by atoms with E-state index in [1.54, 1.807) is 0 Å². The molecule has 0 bridgehead atoms. The fraction of sp³-hybridized carbons (Fsp3) is 0.176. The Hall–Kier alpha value is -2.59. The summed E-state index contributed by atoms with van der Waals surface area (Å²) in [6, 6.07) is 21.8. The summed E-state index contributed by atoms with van der Waals surface area (Å²) in [6.07, 6.45) is 5.61. The molecule has 0 N–H and O–H groups in total. The molecule has 4 aromatic rings. The molecule has 0 heterocycles. The van der Waals surface area contributed by atoms with Crippen LogP contribution in [0.1, 0.15) is 44.5 Å². The van der Waals surface area contributed by atoms with Gasteiger partial charge in [0.1, 0.15) is 0 Å². The molecule has 202 valence electrons. The quantitative estimate of drug-likeness (QED) is 0.142. The van der Waals surface area contributed by atoms with Crippen LogP contribution in [0.5, 0.6) is 0 Å². The fourth-order valence-electron chi connectivity index (χ4n) is 5.45. The van der Waals surface area contributed by atoms with Crippen molar-refractivity contribution in [2.45, 2.75) is 40.5 Å². The SMILES string of the molecule is C=CCc1cc(C)c(N=C2C(=Nc3c(C)cc(CC=C)cc3C)c3cccc4cccc2c34)c(C)c1.[Br][Ni][Br]. The topological polar surface area (TPSA) is 24.7 Å². The molecule has 0 saturated heterocycles. The Morgan fingerprint density at radius 2 is 1.03 bits per heavy atom. The normalized spacial score (nSPS) is 14.1. The van der Waals surface area contributed by atoms with Crippen molar-refractivity contribution in [3.05, 3.63) is 130 Å². The Balaban J connectivity index is 0.00000112. The number of hydrogen-bond donors (Lipinski definition) is 0. The molecule has 0 spiro atoms. The van der Waals surface area contributed by atoms with E-state index in [1.165, 1.54) is 55.1 Å². The molecule has 0 saturated carbocycles. The van der Waals surface area contributed by atoms with Crippen molar-refractivity contribution in [3.63, 3.8) is 0 Å². The van der Waals surface area contributed by atoms with Crippen molar-refractivity contribution < 1.29 is 10.9 Å². The number of hydrogen-bond acceptors (Lipinski definition) is 2. The van der Waals surface area contributed by atoms with Gasteiger partial charge >= 0.3 is 39.3 Å². The van der Waals surface area contributed by atoms with E-state index in [9.17, 15) is 0 Å². The van der Waals surface area contributed by atoms with Crippen LogP contribution in [0.2, 0.25) is 0 Å². The molecule has 1 aliphatic carbocycles. The molecule has 39 heavy (non-hydrogen) atoms. The van der Waals surface area contributed by atoms with Crippen molar-refractivity contribution in [2.24, 2.45) is 9.98 Å². The predicted molar refractivity (Wildman–Crippen MR) is 174 cm³/mol. The monoisotopic (exact) mass is 684 g/mol. The minimum absolute atomic E-state index is 0.858. The van der Waals surface area contributed by atoms with Gasteiger partial charge < -0.3 is 0 Å². The van der Waals surface area contributed by atoms with E-state index in [-0.39, 0.29) is 0 Å². The zero-order valence-electron chi connectivity index (χ0n) is 22.7. The summed E-state index contributed by atoms with van der Waals surface area (Å²) in [7, 11) is 1.25. The second-order valence-corrected chi connectivity index (χ2v) is 14.8. The summed E-state index contributed by atoms with van der Waals surface area (Å²) in [4.78, 5) is 10.7. The number of aryl methyl sites for hydroxylation is 4. The Morgan fingerprint density at radius 1 is 0.667 bits per heavy atom. The summed E-state index contributed by atoms with van der Waals surface area (Å²) in [6.45, 7) is 16.4. The summed E-state index contributed by atoms with van der Waals surface area (Å²) in [5.74, 6) is 0. The molecule has 0 unspecified atom stereocenters. The number of rotatable bonds is 6. The molecule has 0 aromatic heterocycles. The Morgan fingerprint density at radius 3 is 1.36 bits per heavy atom. The van der Waals surface area contributed by atoms with E-state index < -0.39 is 0 Å². The van der Waals surface area contributed by atoms with Gasteiger partial charge in [0.05, 0.1) is 22.8 Å². The van der Waals surface area contributed by atoms with Crippen molar-refractivity contribution in [1.82, 2.24) is 0 Å². The standard InChI is InChI=1S/C34H32N2.2BrH.Ni/c1-7-11-25-17-21(3)31(22(4)18-25)35-33-28-15-9-13-27-14-10-16-29(30(27)28)34(33)36-32-23(5)19-26(12-8-2)20-24(32)6;;;/h7-10,13-20H,1-2,11-12H2,3-6H3;2*1H;/q;;;+2/p-2. The molecule has 5 heteroatoms. The first kappa shape index (κ1) is 29.4. The van der Waals surface area contributed by atoms with E-state index in [4.69, 9.17) is 9.98 Å². The molecule has 0 radical (unpaired) electrons. The van der Waals surface area contributed by atoms with Gasteiger partial charge in [0.15, 0.2) is 0 Å². The van der Waals surface area contributed by atoms with Crippen LogP contribution >= 0.6 is 28.5 Å². The Kier molecular flexibility index (Phi) is 9.93. The molecule has 2 nitrogen and oxygen atoms in total. The minimum atomic E-state index is 0.858. The summed E-state index contributed by atoms with van der Waals surface area (Å²) in [5.41, 5.74) is 13.4. The number of aliphatic imine (C=N–C) groups is 2. The summed E-state index contributed by atoms with van der Waals surface area (Å²) >= 11 is 6.00. The molecule has 5 rings (SSSR count). The van der Waals surface area contributed by atoms with Crippen LogP contribution in [-0.2, 0) is 23.7 Å². The van der Waals surface area contributed by atoms with Gasteiger partial charge in [-0.25, -0.2) is 9.98 Å². The maximum atomic E-state index is 5.33. The van der Waals surface area contributed by atoms with Gasteiger partial charge in [-0.2, -0.15) is 0 Å². The third kappa shape index (κ3) is 6.27. The van der Waals surface area contributed by atoms with Crippen LogP contribution in [0, 0.1) is 27.7 Å². The fourth-order valence-corrected chi connectivity index (χ4v) is 5.45. The molecule has 1 aliphatic rings. The number of halogens is 2. The van der Waals surface area contributed by atoms with Crippen LogP contribution in [0.25, 0.3) is 10.8 Å². The predicted octanol–water partition coefficient (Wildman–Crippen LogP) is 10.5. The summed E-state index contributed by atoms with van der Waals surface area (Å²) in [5, 5.41) is 2.45. The van der Waals surface area contributed by atoms with Crippen LogP contribution < -0.4 is 0 Å². The molecule has 0 atom stereocenters. The second-order valence-electron chi connectivity index (χ2n) is 9.82. The zero-order chi connectivity index (χ0) is 28.1. The Labute approximate surface area is 252 Å². The van der Waals surface area contributed by atoms with Gasteiger partial charge in [-0.15, -0.1) is 13.2 Å².